The molecular formula is C56H35BO2. The smallest absolute Gasteiger partial charge is 0.260 e. The van der Waals surface area contributed by atoms with Crippen LogP contribution in [-0.2, 0) is 0 Å². The quantitative estimate of drug-likeness (QED) is 0.129. The molecule has 12 rings (SSSR count). The molecule has 3 heteroatoms. The third kappa shape index (κ3) is 5.29. The minimum atomic E-state index is -0.0810. The Bertz CT molecular complexity index is 3210. The Morgan fingerprint density at radius 2 is 0.746 bits per heavy atom. The lowest BCUT2D eigenvalue weighted by Gasteiger charge is -2.35. The summed E-state index contributed by atoms with van der Waals surface area (Å²) < 4.78 is 14.1. The van der Waals surface area contributed by atoms with Crippen molar-refractivity contribution in [3.8, 4) is 78.6 Å². The van der Waals surface area contributed by atoms with E-state index >= 15 is 0 Å². The van der Waals surface area contributed by atoms with Gasteiger partial charge in [-0.2, -0.15) is 0 Å². The molecule has 0 aliphatic carbocycles. The third-order valence-corrected chi connectivity index (χ3v) is 12.2. The summed E-state index contributed by atoms with van der Waals surface area (Å²) >= 11 is 0. The molecule has 2 nitrogen and oxygen atoms in total. The zero-order valence-corrected chi connectivity index (χ0v) is 32.1. The van der Waals surface area contributed by atoms with Crippen molar-refractivity contribution in [2.24, 2.45) is 0 Å². The van der Waals surface area contributed by atoms with Crippen molar-refractivity contribution in [1.29, 1.82) is 0 Å². The monoisotopic (exact) mass is 750 g/mol. The van der Waals surface area contributed by atoms with Gasteiger partial charge in [0, 0.05) is 16.6 Å². The maximum Gasteiger partial charge on any atom is 0.260 e. The number of rotatable bonds is 5. The van der Waals surface area contributed by atoms with Gasteiger partial charge in [0.1, 0.15) is 23.0 Å². The molecule has 0 fully saturated rings. The van der Waals surface area contributed by atoms with Crippen LogP contribution < -0.4 is 25.9 Å². The summed E-state index contributed by atoms with van der Waals surface area (Å²) in [4.78, 5) is 0. The molecule has 0 saturated carbocycles. The molecule has 2 aliphatic rings. The topological polar surface area (TPSA) is 18.5 Å². The van der Waals surface area contributed by atoms with Gasteiger partial charge >= 0.3 is 0 Å². The lowest BCUT2D eigenvalue weighted by Crippen LogP contribution is -2.57. The number of benzene rings is 10. The maximum atomic E-state index is 7.25. The van der Waals surface area contributed by atoms with Crippen molar-refractivity contribution >= 4 is 44.6 Å². The van der Waals surface area contributed by atoms with Gasteiger partial charge in [0.05, 0.1) is 0 Å². The molecule has 0 radical (unpaired) electrons. The van der Waals surface area contributed by atoms with E-state index in [-0.39, 0.29) is 6.71 Å². The van der Waals surface area contributed by atoms with Gasteiger partial charge in [0.25, 0.3) is 6.71 Å². The summed E-state index contributed by atoms with van der Waals surface area (Å²) in [7, 11) is 0. The average molecular weight is 751 g/mol. The fraction of sp³-hybridized carbons (Fsp3) is 0. The van der Waals surface area contributed by atoms with Gasteiger partial charge in [0.2, 0.25) is 0 Å². The molecule has 0 saturated heterocycles. The van der Waals surface area contributed by atoms with Gasteiger partial charge in [-0.1, -0.05) is 194 Å². The lowest BCUT2D eigenvalue weighted by molar-refractivity contribution is 0.467. The molecule has 2 heterocycles. The number of hydrogen-bond donors (Lipinski definition) is 0. The molecule has 0 aromatic heterocycles. The van der Waals surface area contributed by atoms with Crippen molar-refractivity contribution in [2.75, 3.05) is 0 Å². The van der Waals surface area contributed by atoms with Gasteiger partial charge in [-0.25, -0.2) is 0 Å². The fourth-order valence-corrected chi connectivity index (χ4v) is 9.64. The Kier molecular flexibility index (Phi) is 7.67. The van der Waals surface area contributed by atoms with E-state index < -0.39 is 0 Å². The summed E-state index contributed by atoms with van der Waals surface area (Å²) in [5.41, 5.74) is 14.8. The number of para-hydroxylation sites is 1. The molecule has 0 spiro atoms. The zero-order valence-electron chi connectivity index (χ0n) is 32.1. The SMILES string of the molecule is c1ccc(-c2cc(-c3ccccc3)c3c4c2Oc2ccccc2B4c2ccc(-c4ccccc4-c4c5ccccc5c(-c5ccccc5)c5ccccc45)cc2O3)cc1. The zero-order chi connectivity index (χ0) is 38.9. The van der Waals surface area contributed by atoms with Crippen molar-refractivity contribution in [3.05, 3.63) is 212 Å². The van der Waals surface area contributed by atoms with Crippen LogP contribution in [0.5, 0.6) is 23.0 Å². The highest BCUT2D eigenvalue weighted by atomic mass is 16.5. The van der Waals surface area contributed by atoms with Crippen LogP contribution in [-0.4, -0.2) is 6.71 Å². The molecule has 2 aliphatic heterocycles. The first-order valence-corrected chi connectivity index (χ1v) is 20.3. The van der Waals surface area contributed by atoms with Crippen molar-refractivity contribution in [1.82, 2.24) is 0 Å². The van der Waals surface area contributed by atoms with Gasteiger partial charge in [-0.05, 0) is 95.2 Å². The van der Waals surface area contributed by atoms with Gasteiger partial charge in [0.15, 0.2) is 0 Å². The Balaban J connectivity index is 1.09. The van der Waals surface area contributed by atoms with E-state index in [9.17, 15) is 0 Å². The Morgan fingerprint density at radius 3 is 1.36 bits per heavy atom. The van der Waals surface area contributed by atoms with Crippen LogP contribution in [0.2, 0.25) is 0 Å². The first-order chi connectivity index (χ1) is 29.3. The predicted molar refractivity (Wildman–Crippen MR) is 246 cm³/mol. The maximum absolute atomic E-state index is 7.25. The molecule has 0 N–H and O–H groups in total. The average Bonchev–Trinajstić information content (AvgIpc) is 3.31. The van der Waals surface area contributed by atoms with E-state index in [1.165, 1.54) is 43.8 Å². The van der Waals surface area contributed by atoms with E-state index in [0.717, 1.165) is 72.8 Å². The van der Waals surface area contributed by atoms with Crippen LogP contribution >= 0.6 is 0 Å². The predicted octanol–water partition coefficient (Wildman–Crippen LogP) is 13.1. The van der Waals surface area contributed by atoms with Crippen LogP contribution in [0, 0.1) is 0 Å². The first kappa shape index (κ1) is 33.5. The Morgan fingerprint density at radius 1 is 0.288 bits per heavy atom. The second-order valence-electron chi connectivity index (χ2n) is 15.5. The lowest BCUT2D eigenvalue weighted by atomic mass is 9.34. The van der Waals surface area contributed by atoms with E-state index in [1.807, 2.05) is 0 Å². The minimum Gasteiger partial charge on any atom is -0.458 e. The number of hydrogen-bond acceptors (Lipinski definition) is 2. The normalized spacial score (nSPS) is 12.3. The summed E-state index contributed by atoms with van der Waals surface area (Å²) in [6, 6.07) is 76.1. The van der Waals surface area contributed by atoms with E-state index in [2.05, 4.69) is 212 Å². The third-order valence-electron chi connectivity index (χ3n) is 12.2. The summed E-state index contributed by atoms with van der Waals surface area (Å²) in [6.07, 6.45) is 0. The standard InChI is InChI=1S/C56H35BO2/c1-4-18-36(19-5-1)46-35-47(37-20-6-2-7-21-37)56-54-55(46)58-50-31-17-16-30-48(50)57(54)49-33-32-39(34-51(49)59-56)40-24-10-11-25-41(40)53-44-28-14-12-26-42(44)52(38-22-8-3-9-23-38)43-27-13-15-29-45(43)53/h1-35H. The van der Waals surface area contributed by atoms with Crippen LogP contribution in [0.25, 0.3) is 77.2 Å². The second-order valence-corrected chi connectivity index (χ2v) is 15.5. The molecular weight excluding hydrogens is 715 g/mol. The van der Waals surface area contributed by atoms with Crippen molar-refractivity contribution in [2.45, 2.75) is 0 Å². The summed E-state index contributed by atoms with van der Waals surface area (Å²) in [6.45, 7) is -0.0810. The molecule has 0 atom stereocenters. The van der Waals surface area contributed by atoms with Crippen LogP contribution in [0.4, 0.5) is 0 Å². The number of fused-ring (bicyclic) bond motifs is 6. The highest BCUT2D eigenvalue weighted by molar-refractivity contribution is 6.98. The fourth-order valence-electron chi connectivity index (χ4n) is 9.64. The van der Waals surface area contributed by atoms with Crippen LogP contribution in [0.3, 0.4) is 0 Å². The van der Waals surface area contributed by atoms with Gasteiger partial charge in [-0.15, -0.1) is 0 Å². The van der Waals surface area contributed by atoms with E-state index in [0.29, 0.717) is 0 Å². The number of ether oxygens (including phenoxy) is 2. The van der Waals surface area contributed by atoms with Crippen LogP contribution in [0.1, 0.15) is 0 Å². The molecule has 0 bridgehead atoms. The van der Waals surface area contributed by atoms with E-state index in [4.69, 9.17) is 9.47 Å². The highest BCUT2D eigenvalue weighted by Crippen LogP contribution is 2.49. The molecule has 10 aromatic rings. The van der Waals surface area contributed by atoms with Gasteiger partial charge in [-0.3, -0.25) is 0 Å². The van der Waals surface area contributed by atoms with E-state index in [1.54, 1.807) is 0 Å². The highest BCUT2D eigenvalue weighted by Gasteiger charge is 2.42. The Hall–Kier alpha value is -7.62. The summed E-state index contributed by atoms with van der Waals surface area (Å²) in [5.74, 6) is 3.43. The molecule has 0 unspecified atom stereocenters. The van der Waals surface area contributed by atoms with Crippen molar-refractivity contribution < 1.29 is 9.47 Å². The molecule has 10 aromatic carbocycles. The largest absolute Gasteiger partial charge is 0.458 e. The molecule has 59 heavy (non-hydrogen) atoms. The van der Waals surface area contributed by atoms with Gasteiger partial charge < -0.3 is 9.47 Å². The molecule has 274 valence electrons. The minimum absolute atomic E-state index is 0.0810. The second kappa shape index (κ2) is 13.5. The molecule has 0 amide bonds. The van der Waals surface area contributed by atoms with Crippen LogP contribution in [0.15, 0.2) is 212 Å². The Labute approximate surface area is 343 Å². The first-order valence-electron chi connectivity index (χ1n) is 20.3. The van der Waals surface area contributed by atoms with Crippen molar-refractivity contribution in [3.63, 3.8) is 0 Å². The summed E-state index contributed by atoms with van der Waals surface area (Å²) in [5, 5.41) is 4.94.